The van der Waals surface area contributed by atoms with Crippen LogP contribution in [0.3, 0.4) is 0 Å². The summed E-state index contributed by atoms with van der Waals surface area (Å²) in [6.07, 6.45) is 0.607. The first-order valence-electron chi connectivity index (χ1n) is 6.84. The minimum Gasteiger partial charge on any atom is -0.392 e. The zero-order valence-electron chi connectivity index (χ0n) is 12.2. The number of nitrogens with zero attached hydrogens (tertiary/aromatic N) is 2. The van der Waals surface area contributed by atoms with Gasteiger partial charge in [-0.15, -0.1) is 0 Å². The van der Waals surface area contributed by atoms with Gasteiger partial charge in [-0.25, -0.2) is 0 Å². The van der Waals surface area contributed by atoms with Gasteiger partial charge in [-0.3, -0.25) is 4.79 Å². The van der Waals surface area contributed by atoms with E-state index in [1.54, 1.807) is 0 Å². The molecule has 0 aliphatic carbocycles. The number of hydrogen-bond acceptors (Lipinski definition) is 3. The van der Waals surface area contributed by atoms with E-state index in [-0.39, 0.29) is 10.9 Å². The number of nitrogens with two attached hydrogens (primary N) is 1. The highest BCUT2D eigenvalue weighted by Crippen LogP contribution is 2.35. The molecular weight excluding hydrogens is 270 g/mol. The highest BCUT2D eigenvalue weighted by atomic mass is 32.1. The summed E-state index contributed by atoms with van der Waals surface area (Å²) in [7, 11) is 2.03. The molecule has 1 aromatic carbocycles. The summed E-state index contributed by atoms with van der Waals surface area (Å²) in [5.74, 6) is -0.00644. The van der Waals surface area contributed by atoms with Gasteiger partial charge < -0.3 is 15.5 Å². The second-order valence-corrected chi connectivity index (χ2v) is 5.86. The Morgan fingerprint density at radius 3 is 2.50 bits per heavy atom. The van der Waals surface area contributed by atoms with Gasteiger partial charge in [-0.05, 0) is 25.5 Å². The zero-order chi connectivity index (χ0) is 14.9. The molecule has 1 atom stereocenters. The second-order valence-electron chi connectivity index (χ2n) is 5.42. The molecule has 2 N–H and O–H groups in total. The first-order valence-corrected chi connectivity index (χ1v) is 7.24. The molecule has 1 aliphatic rings. The van der Waals surface area contributed by atoms with Crippen molar-refractivity contribution >= 4 is 34.5 Å². The highest BCUT2D eigenvalue weighted by molar-refractivity contribution is 7.80. The Labute approximate surface area is 125 Å². The van der Waals surface area contributed by atoms with Gasteiger partial charge in [0, 0.05) is 20.1 Å². The lowest BCUT2D eigenvalue weighted by atomic mass is 9.85. The lowest BCUT2D eigenvalue weighted by molar-refractivity contribution is -0.124. The Bertz CT molecular complexity index is 546. The predicted octanol–water partition coefficient (Wildman–Crippen LogP) is 2.17. The summed E-state index contributed by atoms with van der Waals surface area (Å²) >= 11 is 5.12. The normalized spacial score (nSPS) is 17.4. The van der Waals surface area contributed by atoms with Gasteiger partial charge in [0.25, 0.3) is 0 Å². The van der Waals surface area contributed by atoms with Crippen molar-refractivity contribution in [2.24, 2.45) is 11.1 Å². The van der Waals surface area contributed by atoms with E-state index < -0.39 is 5.41 Å². The molecule has 0 spiro atoms. The monoisotopic (exact) mass is 291 g/mol. The Kier molecular flexibility index (Phi) is 3.99. The zero-order valence-corrected chi connectivity index (χ0v) is 13.0. The van der Waals surface area contributed by atoms with Crippen LogP contribution in [0.4, 0.5) is 11.4 Å². The first kappa shape index (κ1) is 14.8. The standard InChI is InChI=1S/C15H21N3OS/c1-4-15(2,13(16)20)14(19)18-10-9-17(3)11-7-5-6-8-12(11)18/h5-8H,4,9-10H2,1-3H3,(H2,16,20). The molecule has 1 aromatic rings. The van der Waals surface area contributed by atoms with E-state index in [1.165, 1.54) is 0 Å². The van der Waals surface area contributed by atoms with Crippen LogP contribution >= 0.6 is 12.2 Å². The minimum absolute atomic E-state index is 0.00644. The summed E-state index contributed by atoms with van der Waals surface area (Å²) in [5.41, 5.74) is 7.03. The van der Waals surface area contributed by atoms with Crippen LogP contribution in [0.15, 0.2) is 24.3 Å². The molecule has 1 amide bonds. The average Bonchev–Trinajstić information content (AvgIpc) is 2.46. The molecule has 1 aliphatic heterocycles. The summed E-state index contributed by atoms with van der Waals surface area (Å²) in [5, 5.41) is 0. The molecule has 1 heterocycles. The number of rotatable bonds is 3. The number of likely N-dealkylation sites (N-methyl/N-ethyl adjacent to an activating group) is 1. The molecule has 0 radical (unpaired) electrons. The van der Waals surface area contributed by atoms with Gasteiger partial charge in [0.05, 0.1) is 21.8 Å². The molecule has 20 heavy (non-hydrogen) atoms. The molecule has 108 valence electrons. The van der Waals surface area contributed by atoms with E-state index in [0.29, 0.717) is 13.0 Å². The fourth-order valence-corrected chi connectivity index (χ4v) is 2.68. The van der Waals surface area contributed by atoms with E-state index in [2.05, 4.69) is 4.90 Å². The quantitative estimate of drug-likeness (QED) is 0.867. The van der Waals surface area contributed by atoms with Crippen molar-refractivity contribution in [1.82, 2.24) is 0 Å². The summed E-state index contributed by atoms with van der Waals surface area (Å²) in [6.45, 7) is 5.24. The summed E-state index contributed by atoms with van der Waals surface area (Å²) in [6, 6.07) is 7.93. The topological polar surface area (TPSA) is 49.6 Å². The van der Waals surface area contributed by atoms with E-state index in [0.717, 1.165) is 17.9 Å². The SMILES string of the molecule is CCC(C)(C(=O)N1CCN(C)c2ccccc21)C(N)=S. The molecule has 5 heteroatoms. The van der Waals surface area contributed by atoms with Gasteiger partial charge in [-0.1, -0.05) is 31.3 Å². The van der Waals surface area contributed by atoms with Crippen molar-refractivity contribution in [2.75, 3.05) is 29.9 Å². The van der Waals surface area contributed by atoms with E-state index in [9.17, 15) is 4.79 Å². The van der Waals surface area contributed by atoms with Gasteiger partial charge in [0.15, 0.2) is 0 Å². The smallest absolute Gasteiger partial charge is 0.239 e. The van der Waals surface area contributed by atoms with Crippen molar-refractivity contribution in [1.29, 1.82) is 0 Å². The highest BCUT2D eigenvalue weighted by Gasteiger charge is 2.40. The molecule has 0 aromatic heterocycles. The van der Waals surface area contributed by atoms with Crippen molar-refractivity contribution in [3.63, 3.8) is 0 Å². The Hall–Kier alpha value is -1.62. The lowest BCUT2D eigenvalue weighted by Gasteiger charge is -2.39. The van der Waals surface area contributed by atoms with Gasteiger partial charge in [-0.2, -0.15) is 0 Å². The predicted molar refractivity (Wildman–Crippen MR) is 87.2 cm³/mol. The molecular formula is C15H21N3OS. The van der Waals surface area contributed by atoms with Crippen molar-refractivity contribution in [3.05, 3.63) is 24.3 Å². The Balaban J connectivity index is 2.42. The summed E-state index contributed by atoms with van der Waals surface area (Å²) < 4.78 is 0. The maximum atomic E-state index is 12.9. The third-order valence-corrected chi connectivity index (χ3v) is 4.66. The van der Waals surface area contributed by atoms with E-state index in [1.807, 2.05) is 50.1 Å². The molecule has 4 nitrogen and oxygen atoms in total. The fraction of sp³-hybridized carbons (Fsp3) is 0.467. The van der Waals surface area contributed by atoms with Crippen molar-refractivity contribution < 1.29 is 4.79 Å². The number of amides is 1. The fourth-order valence-electron chi connectivity index (χ4n) is 2.45. The lowest BCUT2D eigenvalue weighted by Crippen LogP contribution is -2.52. The Morgan fingerprint density at radius 2 is 1.95 bits per heavy atom. The number of hydrogen-bond donors (Lipinski definition) is 1. The molecule has 2 rings (SSSR count). The minimum atomic E-state index is -0.779. The van der Waals surface area contributed by atoms with Crippen LogP contribution in [0, 0.1) is 5.41 Å². The van der Waals surface area contributed by atoms with Gasteiger partial charge in [0.1, 0.15) is 0 Å². The second kappa shape index (κ2) is 5.40. The Morgan fingerprint density at radius 1 is 1.35 bits per heavy atom. The van der Waals surface area contributed by atoms with Crippen LogP contribution in [0.5, 0.6) is 0 Å². The molecule has 0 saturated carbocycles. The largest absolute Gasteiger partial charge is 0.392 e. The molecule has 1 unspecified atom stereocenters. The number of thiocarbonyl (C=S) groups is 1. The maximum absolute atomic E-state index is 12.9. The molecule has 0 bridgehead atoms. The van der Waals surface area contributed by atoms with Crippen molar-refractivity contribution in [2.45, 2.75) is 20.3 Å². The summed E-state index contributed by atoms with van der Waals surface area (Å²) in [4.78, 5) is 17.1. The van der Waals surface area contributed by atoms with Crippen LogP contribution in [0.25, 0.3) is 0 Å². The van der Waals surface area contributed by atoms with Gasteiger partial charge >= 0.3 is 0 Å². The van der Waals surface area contributed by atoms with E-state index in [4.69, 9.17) is 18.0 Å². The third kappa shape index (κ3) is 2.26. The molecule has 0 saturated heterocycles. The number of benzene rings is 1. The maximum Gasteiger partial charge on any atom is 0.239 e. The van der Waals surface area contributed by atoms with Crippen molar-refractivity contribution in [3.8, 4) is 0 Å². The number of para-hydroxylation sites is 2. The van der Waals surface area contributed by atoms with E-state index >= 15 is 0 Å². The van der Waals surface area contributed by atoms with Crippen LogP contribution in [0.1, 0.15) is 20.3 Å². The number of fused-ring (bicyclic) bond motifs is 1. The third-order valence-electron chi connectivity index (χ3n) is 4.21. The average molecular weight is 291 g/mol. The molecule has 0 fully saturated rings. The first-order chi connectivity index (χ1) is 9.41. The number of carbonyl (C=O) groups excluding carboxylic acids is 1. The number of carbonyl (C=O) groups is 1. The van der Waals surface area contributed by atoms with Crippen LogP contribution in [0.2, 0.25) is 0 Å². The van der Waals surface area contributed by atoms with Crippen LogP contribution < -0.4 is 15.5 Å². The van der Waals surface area contributed by atoms with Crippen LogP contribution in [-0.4, -0.2) is 31.0 Å². The van der Waals surface area contributed by atoms with Crippen LogP contribution in [-0.2, 0) is 4.79 Å². The number of anilines is 2. The van der Waals surface area contributed by atoms with Gasteiger partial charge in [0.2, 0.25) is 5.91 Å².